The van der Waals surface area contributed by atoms with Gasteiger partial charge >= 0.3 is 0 Å². The maximum Gasteiger partial charge on any atom is 0.163 e. The van der Waals surface area contributed by atoms with Crippen molar-refractivity contribution < 1.29 is 18.9 Å². The Morgan fingerprint density at radius 1 is 0.882 bits per heavy atom. The molecule has 0 aromatic carbocycles. The van der Waals surface area contributed by atoms with Gasteiger partial charge in [0, 0.05) is 11.5 Å². The van der Waals surface area contributed by atoms with Crippen molar-refractivity contribution in [2.45, 2.75) is 51.5 Å². The van der Waals surface area contributed by atoms with Gasteiger partial charge in [0.2, 0.25) is 0 Å². The van der Waals surface area contributed by atoms with Gasteiger partial charge in [0.1, 0.15) is 0 Å². The Balaban J connectivity index is 1.61. The van der Waals surface area contributed by atoms with Crippen LogP contribution in [0, 0.1) is 0 Å². The average molecular weight is 262 g/mol. The van der Waals surface area contributed by atoms with Crippen molar-refractivity contribution in [3.63, 3.8) is 0 Å². The molecule has 0 N–H and O–H groups in total. The molecule has 2 rings (SSSR count). The van der Waals surface area contributed by atoms with E-state index in [0.717, 1.165) is 11.5 Å². The van der Waals surface area contributed by atoms with Crippen molar-refractivity contribution in [2.75, 3.05) is 24.7 Å². The molecule has 100 valence electrons. The fourth-order valence-corrected chi connectivity index (χ4v) is 3.01. The highest BCUT2D eigenvalue weighted by Gasteiger charge is 2.34. The van der Waals surface area contributed by atoms with Gasteiger partial charge in [-0.2, -0.15) is 11.8 Å². The van der Waals surface area contributed by atoms with Gasteiger partial charge in [-0.3, -0.25) is 0 Å². The summed E-state index contributed by atoms with van der Waals surface area (Å²) in [4.78, 5) is 0. The number of thioether (sulfide) groups is 1. The molecule has 0 unspecified atom stereocenters. The Morgan fingerprint density at radius 2 is 1.29 bits per heavy atom. The topological polar surface area (TPSA) is 36.9 Å². The molecule has 0 aromatic rings. The van der Waals surface area contributed by atoms with Crippen molar-refractivity contribution in [3.05, 3.63) is 0 Å². The van der Waals surface area contributed by atoms with Crippen LogP contribution in [0.5, 0.6) is 0 Å². The summed E-state index contributed by atoms with van der Waals surface area (Å²) in [5.41, 5.74) is 0. The van der Waals surface area contributed by atoms with E-state index in [4.69, 9.17) is 18.9 Å². The first-order valence-electron chi connectivity index (χ1n) is 6.08. The van der Waals surface area contributed by atoms with Gasteiger partial charge in [-0.1, -0.05) is 0 Å². The highest BCUT2D eigenvalue weighted by Crippen LogP contribution is 2.27. The van der Waals surface area contributed by atoms with Crippen LogP contribution in [0.3, 0.4) is 0 Å². The van der Waals surface area contributed by atoms with Gasteiger partial charge in [0.25, 0.3) is 0 Å². The molecule has 0 bridgehead atoms. The second-order valence-corrected chi connectivity index (χ2v) is 6.51. The summed E-state index contributed by atoms with van der Waals surface area (Å²) in [6, 6.07) is 0. The highest BCUT2D eigenvalue weighted by molar-refractivity contribution is 7.99. The summed E-state index contributed by atoms with van der Waals surface area (Å²) < 4.78 is 22.5. The zero-order valence-electron chi connectivity index (χ0n) is 11.0. The van der Waals surface area contributed by atoms with E-state index in [1.54, 1.807) is 0 Å². The third-order valence-electron chi connectivity index (χ3n) is 2.74. The summed E-state index contributed by atoms with van der Waals surface area (Å²) >= 11 is 1.84. The second-order valence-electron chi connectivity index (χ2n) is 5.44. The Kier molecular flexibility index (Phi) is 4.05. The van der Waals surface area contributed by atoms with Crippen LogP contribution in [-0.4, -0.2) is 48.5 Å². The molecule has 2 aliphatic heterocycles. The second kappa shape index (κ2) is 5.05. The normalized spacial score (nSPS) is 35.3. The Labute approximate surface area is 107 Å². The van der Waals surface area contributed by atoms with Crippen molar-refractivity contribution in [1.29, 1.82) is 0 Å². The Bertz CT molecular complexity index is 241. The quantitative estimate of drug-likeness (QED) is 0.775. The lowest BCUT2D eigenvalue weighted by Gasteiger charge is -2.18. The third kappa shape index (κ3) is 4.10. The third-order valence-corrected chi connectivity index (χ3v) is 3.96. The van der Waals surface area contributed by atoms with Crippen molar-refractivity contribution in [3.8, 4) is 0 Å². The zero-order valence-corrected chi connectivity index (χ0v) is 11.8. The number of hydrogen-bond acceptors (Lipinski definition) is 5. The lowest BCUT2D eigenvalue weighted by Crippen LogP contribution is -2.24. The largest absolute Gasteiger partial charge is 0.348 e. The molecule has 0 saturated carbocycles. The van der Waals surface area contributed by atoms with E-state index in [0.29, 0.717) is 13.2 Å². The highest BCUT2D eigenvalue weighted by atomic mass is 32.2. The molecule has 2 heterocycles. The molecule has 0 aromatic heterocycles. The molecule has 2 fully saturated rings. The van der Waals surface area contributed by atoms with Crippen LogP contribution in [-0.2, 0) is 18.9 Å². The molecule has 5 heteroatoms. The van der Waals surface area contributed by atoms with Crippen LogP contribution in [0.2, 0.25) is 0 Å². The first-order chi connectivity index (χ1) is 7.86. The van der Waals surface area contributed by atoms with E-state index in [2.05, 4.69) is 0 Å². The minimum Gasteiger partial charge on any atom is -0.348 e. The maximum atomic E-state index is 5.74. The van der Waals surface area contributed by atoms with Crippen LogP contribution < -0.4 is 0 Å². The fourth-order valence-electron chi connectivity index (χ4n) is 2.02. The predicted octanol–water partition coefficient (Wildman–Crippen LogP) is 2.02. The summed E-state index contributed by atoms with van der Waals surface area (Å²) in [7, 11) is 0. The summed E-state index contributed by atoms with van der Waals surface area (Å²) in [5.74, 6) is 1.06. The van der Waals surface area contributed by atoms with Gasteiger partial charge in [0.05, 0.1) is 25.4 Å². The minimum absolute atomic E-state index is 0.199. The van der Waals surface area contributed by atoms with E-state index in [1.807, 2.05) is 39.5 Å². The van der Waals surface area contributed by atoms with Crippen molar-refractivity contribution in [2.24, 2.45) is 0 Å². The molecule has 0 radical (unpaired) electrons. The maximum absolute atomic E-state index is 5.74. The van der Waals surface area contributed by atoms with Crippen LogP contribution in [0.1, 0.15) is 27.7 Å². The smallest absolute Gasteiger partial charge is 0.163 e. The molecule has 0 aliphatic carbocycles. The molecule has 2 saturated heterocycles. The average Bonchev–Trinajstić information content (AvgIpc) is 2.70. The van der Waals surface area contributed by atoms with E-state index < -0.39 is 11.6 Å². The van der Waals surface area contributed by atoms with Crippen LogP contribution in [0.4, 0.5) is 0 Å². The monoisotopic (exact) mass is 262 g/mol. The molecular weight excluding hydrogens is 240 g/mol. The van der Waals surface area contributed by atoms with Crippen LogP contribution >= 0.6 is 11.8 Å². The zero-order chi connectivity index (χ0) is 12.5. The molecule has 4 nitrogen and oxygen atoms in total. The summed E-state index contributed by atoms with van der Waals surface area (Å²) in [5, 5.41) is 0. The lowest BCUT2D eigenvalue weighted by molar-refractivity contribution is -0.135. The van der Waals surface area contributed by atoms with E-state index in [9.17, 15) is 0 Å². The van der Waals surface area contributed by atoms with Gasteiger partial charge in [-0.15, -0.1) is 0 Å². The van der Waals surface area contributed by atoms with Gasteiger partial charge in [-0.25, -0.2) is 0 Å². The van der Waals surface area contributed by atoms with E-state index in [-0.39, 0.29) is 12.2 Å². The first kappa shape index (κ1) is 13.6. The van der Waals surface area contributed by atoms with Gasteiger partial charge < -0.3 is 18.9 Å². The summed E-state index contributed by atoms with van der Waals surface area (Å²) in [6.45, 7) is 9.19. The molecular formula is C12H22O4S. The molecule has 2 aliphatic rings. The predicted molar refractivity (Wildman–Crippen MR) is 67.1 cm³/mol. The molecule has 2 atom stereocenters. The SMILES string of the molecule is CC1(C)OC[C@H](CSC[C@H]2COC(C)(C)O2)O1. The Morgan fingerprint density at radius 3 is 1.59 bits per heavy atom. The van der Waals surface area contributed by atoms with Crippen molar-refractivity contribution >= 4 is 11.8 Å². The minimum atomic E-state index is -0.416. The Hall–Kier alpha value is 0.190. The lowest BCUT2D eigenvalue weighted by atomic mass is 10.4. The van der Waals surface area contributed by atoms with E-state index >= 15 is 0 Å². The molecule has 0 spiro atoms. The first-order valence-corrected chi connectivity index (χ1v) is 7.23. The van der Waals surface area contributed by atoms with Crippen LogP contribution in [0.25, 0.3) is 0 Å². The fraction of sp³-hybridized carbons (Fsp3) is 1.00. The number of hydrogen-bond donors (Lipinski definition) is 0. The van der Waals surface area contributed by atoms with Gasteiger partial charge in [0.15, 0.2) is 11.6 Å². The summed E-state index contributed by atoms with van der Waals surface area (Å²) in [6.07, 6.45) is 0.399. The standard InChI is InChI=1S/C12H22O4S/c1-11(2)13-5-9(15-11)7-17-8-10-6-14-12(3,4)16-10/h9-10H,5-8H2,1-4H3/t9-,10-/m1/s1. The van der Waals surface area contributed by atoms with Gasteiger partial charge in [-0.05, 0) is 27.7 Å². The number of ether oxygens (including phenoxy) is 4. The van der Waals surface area contributed by atoms with E-state index in [1.165, 1.54) is 0 Å². The molecule has 17 heavy (non-hydrogen) atoms. The molecule has 0 amide bonds. The van der Waals surface area contributed by atoms with Crippen LogP contribution in [0.15, 0.2) is 0 Å². The van der Waals surface area contributed by atoms with Crippen molar-refractivity contribution in [1.82, 2.24) is 0 Å². The number of rotatable bonds is 4.